The molecule has 0 radical (unpaired) electrons. The van der Waals surface area contributed by atoms with Crippen LogP contribution in [0.4, 0.5) is 0 Å². The second-order valence-corrected chi connectivity index (χ2v) is 9.67. The fourth-order valence-corrected chi connectivity index (χ4v) is 4.47. The molecular weight excluding hydrogens is 428 g/mol. The monoisotopic (exact) mass is 459 g/mol. The normalized spacial score (nSPS) is 14.3. The smallest absolute Gasteiger partial charge is 0.294 e. The van der Waals surface area contributed by atoms with E-state index in [2.05, 4.69) is 5.10 Å². The summed E-state index contributed by atoms with van der Waals surface area (Å²) in [6, 6.07) is 11.2. The number of aryl methyl sites for hydroxylation is 2. The van der Waals surface area contributed by atoms with Crippen molar-refractivity contribution in [1.29, 1.82) is 0 Å². The third kappa shape index (κ3) is 4.02. The van der Waals surface area contributed by atoms with E-state index in [1.165, 1.54) is 9.58 Å². The van der Waals surface area contributed by atoms with Gasteiger partial charge in [-0.25, -0.2) is 4.68 Å². The molecule has 0 bridgehead atoms. The largest absolute Gasteiger partial charge is 0.326 e. The number of nitrogens with one attached hydrogen (secondary N) is 1. The summed E-state index contributed by atoms with van der Waals surface area (Å²) in [5.74, 6) is -0.800. The quantitative estimate of drug-likeness (QED) is 0.452. The average Bonchev–Trinajstić information content (AvgIpc) is 3.22. The number of aromatic nitrogens is 3. The van der Waals surface area contributed by atoms with Gasteiger partial charge in [-0.05, 0) is 43.9 Å². The molecule has 1 aliphatic heterocycles. The molecular formula is C27H31N4O3+. The van der Waals surface area contributed by atoms with E-state index in [1.807, 2.05) is 90.3 Å². The van der Waals surface area contributed by atoms with Gasteiger partial charge in [0.15, 0.2) is 12.4 Å². The van der Waals surface area contributed by atoms with Gasteiger partial charge in [-0.15, -0.1) is 0 Å². The summed E-state index contributed by atoms with van der Waals surface area (Å²) >= 11 is 0. The summed E-state index contributed by atoms with van der Waals surface area (Å²) in [4.78, 5) is 42.4. The molecule has 1 aliphatic rings. The summed E-state index contributed by atoms with van der Waals surface area (Å²) in [7, 11) is 0. The predicted molar refractivity (Wildman–Crippen MR) is 131 cm³/mol. The summed E-state index contributed by atoms with van der Waals surface area (Å²) in [5.41, 5.74) is 3.47. The lowest BCUT2D eigenvalue weighted by Gasteiger charge is -2.16. The Hall–Kier alpha value is -3.74. The number of rotatable bonds is 6. The van der Waals surface area contributed by atoms with Crippen LogP contribution in [0.1, 0.15) is 56.0 Å². The second-order valence-electron chi connectivity index (χ2n) is 9.67. The Bertz CT molecular complexity index is 1340. The molecule has 0 aliphatic carbocycles. The zero-order chi connectivity index (χ0) is 24.7. The fourth-order valence-electron chi connectivity index (χ4n) is 4.47. The van der Waals surface area contributed by atoms with Crippen molar-refractivity contribution >= 4 is 23.1 Å². The lowest BCUT2D eigenvalue weighted by atomic mass is 9.98. The first kappa shape index (κ1) is 23.4. The van der Waals surface area contributed by atoms with Gasteiger partial charge in [-0.3, -0.25) is 24.4 Å². The van der Waals surface area contributed by atoms with E-state index in [4.69, 9.17) is 0 Å². The minimum Gasteiger partial charge on any atom is -0.294 e. The maximum atomic E-state index is 13.8. The fraction of sp³-hybridized carbons (Fsp3) is 0.333. The topological polar surface area (TPSA) is 79.1 Å². The third-order valence-electron chi connectivity index (χ3n) is 5.85. The Labute approximate surface area is 199 Å². The molecule has 0 spiro atoms. The van der Waals surface area contributed by atoms with Gasteiger partial charge in [0.05, 0.1) is 11.3 Å². The number of hydrogen-bond donors (Lipinski definition) is 1. The lowest BCUT2D eigenvalue weighted by molar-refractivity contribution is -0.577. The Morgan fingerprint density at radius 1 is 0.912 bits per heavy atom. The van der Waals surface area contributed by atoms with E-state index in [0.717, 1.165) is 11.1 Å². The molecule has 2 amide bonds. The minimum absolute atomic E-state index is 0.0762. The molecule has 3 aromatic rings. The van der Waals surface area contributed by atoms with Crippen molar-refractivity contribution in [2.75, 3.05) is 6.54 Å². The van der Waals surface area contributed by atoms with Crippen LogP contribution in [0, 0.1) is 19.8 Å². The van der Waals surface area contributed by atoms with Crippen molar-refractivity contribution in [3.8, 4) is 5.69 Å². The highest BCUT2D eigenvalue weighted by atomic mass is 16.2. The third-order valence-corrected chi connectivity index (χ3v) is 5.85. The Morgan fingerprint density at radius 2 is 1.53 bits per heavy atom. The van der Waals surface area contributed by atoms with E-state index < -0.39 is 5.91 Å². The SMILES string of the molecule is Cc1cc(C)c[n+](C2=C(c3c(C(C)C)[nH]n(-c4ccccc4)c3=O)C(=O)N(CC(C)C)C2=O)c1. The molecule has 2 aromatic heterocycles. The first-order valence-electron chi connectivity index (χ1n) is 11.6. The van der Waals surface area contributed by atoms with E-state index >= 15 is 0 Å². The number of carbonyl (C=O) groups is 2. The number of pyridine rings is 1. The Morgan fingerprint density at radius 3 is 2.09 bits per heavy atom. The molecule has 0 saturated heterocycles. The molecule has 0 atom stereocenters. The van der Waals surface area contributed by atoms with Crippen molar-refractivity contribution < 1.29 is 14.2 Å². The second kappa shape index (κ2) is 8.89. The van der Waals surface area contributed by atoms with E-state index in [-0.39, 0.29) is 46.7 Å². The van der Waals surface area contributed by atoms with Gasteiger partial charge in [0, 0.05) is 23.4 Å². The van der Waals surface area contributed by atoms with E-state index in [1.54, 1.807) is 4.57 Å². The highest BCUT2D eigenvalue weighted by Gasteiger charge is 2.47. The van der Waals surface area contributed by atoms with Crippen LogP contribution in [-0.4, -0.2) is 33.0 Å². The van der Waals surface area contributed by atoms with Crippen molar-refractivity contribution in [1.82, 2.24) is 14.7 Å². The highest BCUT2D eigenvalue weighted by Crippen LogP contribution is 2.32. The van der Waals surface area contributed by atoms with Gasteiger partial charge in [0.1, 0.15) is 5.57 Å². The zero-order valence-corrected chi connectivity index (χ0v) is 20.5. The number of H-pyrrole nitrogens is 1. The Kier molecular flexibility index (Phi) is 6.13. The molecule has 176 valence electrons. The van der Waals surface area contributed by atoms with Crippen LogP contribution in [-0.2, 0) is 9.59 Å². The summed E-state index contributed by atoms with van der Waals surface area (Å²) in [5, 5.41) is 3.21. The maximum absolute atomic E-state index is 13.8. The van der Waals surface area contributed by atoms with Gasteiger partial charge >= 0.3 is 5.91 Å². The molecule has 0 saturated carbocycles. The molecule has 0 unspecified atom stereocenters. The van der Waals surface area contributed by atoms with Gasteiger partial charge in [-0.2, -0.15) is 4.57 Å². The van der Waals surface area contributed by atoms with Crippen LogP contribution < -0.4 is 10.1 Å². The molecule has 1 aromatic carbocycles. The van der Waals surface area contributed by atoms with Gasteiger partial charge in [0.2, 0.25) is 0 Å². The maximum Gasteiger partial charge on any atom is 0.326 e. The number of aromatic amines is 1. The molecule has 7 heteroatoms. The van der Waals surface area contributed by atoms with Crippen LogP contribution in [0.15, 0.2) is 53.6 Å². The van der Waals surface area contributed by atoms with Crippen LogP contribution in [0.2, 0.25) is 0 Å². The van der Waals surface area contributed by atoms with Crippen molar-refractivity contribution in [2.24, 2.45) is 5.92 Å². The first-order valence-corrected chi connectivity index (χ1v) is 11.6. The number of benzene rings is 1. The van der Waals surface area contributed by atoms with Gasteiger partial charge < -0.3 is 0 Å². The number of imide groups is 1. The average molecular weight is 460 g/mol. The number of carbonyl (C=O) groups excluding carboxylic acids is 2. The highest BCUT2D eigenvalue weighted by molar-refractivity contribution is 6.44. The molecule has 1 N–H and O–H groups in total. The van der Waals surface area contributed by atoms with Crippen molar-refractivity contribution in [3.63, 3.8) is 0 Å². The zero-order valence-electron chi connectivity index (χ0n) is 20.5. The van der Waals surface area contributed by atoms with Crippen LogP contribution in [0.5, 0.6) is 0 Å². The van der Waals surface area contributed by atoms with Crippen LogP contribution in [0.3, 0.4) is 0 Å². The van der Waals surface area contributed by atoms with Gasteiger partial charge in [0.25, 0.3) is 17.2 Å². The van der Waals surface area contributed by atoms with Crippen molar-refractivity contribution in [2.45, 2.75) is 47.5 Å². The number of hydrogen-bond acceptors (Lipinski definition) is 3. The number of nitrogens with zero attached hydrogens (tertiary/aromatic N) is 3. The molecule has 3 heterocycles. The van der Waals surface area contributed by atoms with Gasteiger partial charge in [-0.1, -0.05) is 45.9 Å². The van der Waals surface area contributed by atoms with Crippen LogP contribution >= 0.6 is 0 Å². The Balaban J connectivity index is 2.05. The van der Waals surface area contributed by atoms with Crippen molar-refractivity contribution in [3.05, 3.63) is 81.5 Å². The molecule has 4 rings (SSSR count). The molecule has 0 fully saturated rings. The van der Waals surface area contributed by atoms with E-state index in [9.17, 15) is 14.4 Å². The number of amides is 2. The molecule has 7 nitrogen and oxygen atoms in total. The van der Waals surface area contributed by atoms with E-state index in [0.29, 0.717) is 11.4 Å². The standard InChI is InChI=1S/C27H30N4O3/c1-16(2)13-30-25(32)22(24(27(30)34)29-14-18(5)12-19(6)15-29)21-23(17(3)4)28-31(26(21)33)20-10-8-7-9-11-20/h7-12,14-17H,13H2,1-6H3/p+1. The summed E-state index contributed by atoms with van der Waals surface area (Å²) in [6.45, 7) is 12.0. The minimum atomic E-state index is -0.432. The lowest BCUT2D eigenvalue weighted by Crippen LogP contribution is -2.41. The summed E-state index contributed by atoms with van der Waals surface area (Å²) in [6.07, 6.45) is 3.65. The van der Waals surface area contributed by atoms with Crippen LogP contribution in [0.25, 0.3) is 17.0 Å². The molecule has 34 heavy (non-hydrogen) atoms. The summed E-state index contributed by atoms with van der Waals surface area (Å²) < 4.78 is 3.15. The number of para-hydroxylation sites is 1. The predicted octanol–water partition coefficient (Wildman–Crippen LogP) is 3.59. The first-order chi connectivity index (χ1) is 16.1.